The second-order valence-electron chi connectivity index (χ2n) is 3.53. The molecule has 0 aliphatic heterocycles. The van der Waals surface area contributed by atoms with E-state index in [1.54, 1.807) is 12.1 Å². The molecule has 0 saturated heterocycles. The molecule has 0 aromatic heterocycles. The van der Waals surface area contributed by atoms with Crippen LogP contribution >= 0.6 is 11.6 Å². The molecule has 6 heteroatoms. The molecule has 0 bridgehead atoms. The Morgan fingerprint density at radius 3 is 2.50 bits per heavy atom. The smallest absolute Gasteiger partial charge is 0.250 e. The van der Waals surface area contributed by atoms with Crippen LogP contribution in [0.1, 0.15) is 0 Å². The van der Waals surface area contributed by atoms with Gasteiger partial charge in [0.2, 0.25) is 11.3 Å². The van der Waals surface area contributed by atoms with Crippen LogP contribution in [0.15, 0.2) is 48.5 Å². The van der Waals surface area contributed by atoms with Crippen LogP contribution in [-0.2, 0) is 11.3 Å². The normalized spacial score (nSPS) is 12.1. The van der Waals surface area contributed by atoms with E-state index >= 15 is 0 Å². The molecular formula is C12H11ClN2O2S. The third-order valence-electron chi connectivity index (χ3n) is 2.34. The zero-order chi connectivity index (χ0) is 13.0. The Balaban J connectivity index is 2.37. The van der Waals surface area contributed by atoms with E-state index in [1.165, 1.54) is 0 Å². The summed E-state index contributed by atoms with van der Waals surface area (Å²) in [7, 11) is 0. The molecule has 1 atom stereocenters. The Hall–Kier alpha value is -1.40. The van der Waals surface area contributed by atoms with E-state index in [2.05, 4.69) is 10.3 Å². The number of rotatable bonds is 4. The van der Waals surface area contributed by atoms with Gasteiger partial charge in [-0.2, -0.15) is 0 Å². The van der Waals surface area contributed by atoms with Gasteiger partial charge in [-0.3, -0.25) is 4.55 Å². The number of benzene rings is 2. The van der Waals surface area contributed by atoms with Gasteiger partial charge >= 0.3 is 0 Å². The van der Waals surface area contributed by atoms with Gasteiger partial charge in [0, 0.05) is 10.6 Å². The second-order valence-corrected chi connectivity index (χ2v) is 4.67. The van der Waals surface area contributed by atoms with E-state index in [0.29, 0.717) is 10.7 Å². The Kier molecular flexibility index (Phi) is 4.33. The van der Waals surface area contributed by atoms with Crippen molar-refractivity contribution in [3.63, 3.8) is 0 Å². The van der Waals surface area contributed by atoms with E-state index in [1.807, 2.05) is 36.4 Å². The fourth-order valence-corrected chi connectivity index (χ4v) is 1.96. The number of hydrazine groups is 1. The van der Waals surface area contributed by atoms with Crippen LogP contribution in [0, 0.1) is 0 Å². The first-order valence-corrected chi connectivity index (χ1v) is 6.63. The van der Waals surface area contributed by atoms with Crippen LogP contribution in [0.4, 0.5) is 5.69 Å². The molecular weight excluding hydrogens is 272 g/mol. The van der Waals surface area contributed by atoms with Gasteiger partial charge in [0.1, 0.15) is 0 Å². The summed E-state index contributed by atoms with van der Waals surface area (Å²) in [6.45, 7) is 0. The predicted octanol–water partition coefficient (Wildman–Crippen LogP) is 3.06. The fraction of sp³-hybridized carbons (Fsp3) is 0. The van der Waals surface area contributed by atoms with Crippen LogP contribution in [0.5, 0.6) is 0 Å². The summed E-state index contributed by atoms with van der Waals surface area (Å²) < 4.78 is 19.3. The standard InChI is InChI=1S/C12H11ClN2O2S/c13-10-6-7-11(9-4-2-1-3-5-9)12(8-10)14-15-18(16)17/h1-8,14-15H,(H,16,17). The summed E-state index contributed by atoms with van der Waals surface area (Å²) in [5, 5.41) is 0.544. The van der Waals surface area contributed by atoms with Crippen LogP contribution in [-0.4, -0.2) is 8.76 Å². The first-order valence-electron chi connectivity index (χ1n) is 5.14. The zero-order valence-corrected chi connectivity index (χ0v) is 10.8. The maximum atomic E-state index is 10.6. The van der Waals surface area contributed by atoms with E-state index in [4.69, 9.17) is 16.2 Å². The second kappa shape index (κ2) is 5.97. The summed E-state index contributed by atoms with van der Waals surface area (Å²) in [6, 6.07) is 15.0. The minimum atomic E-state index is -2.14. The van der Waals surface area contributed by atoms with Gasteiger partial charge in [-0.15, -0.1) is 4.83 Å². The molecule has 2 aromatic rings. The first kappa shape index (κ1) is 13.0. The van der Waals surface area contributed by atoms with Gasteiger partial charge in [0.05, 0.1) is 5.69 Å². The summed E-state index contributed by atoms with van der Waals surface area (Å²) in [6.07, 6.45) is 0. The van der Waals surface area contributed by atoms with E-state index in [9.17, 15) is 4.21 Å². The van der Waals surface area contributed by atoms with Crippen molar-refractivity contribution in [3.05, 3.63) is 53.6 Å². The Labute approximate surface area is 112 Å². The predicted molar refractivity (Wildman–Crippen MR) is 74.4 cm³/mol. The van der Waals surface area contributed by atoms with Crippen molar-refractivity contribution in [2.45, 2.75) is 0 Å². The SMILES string of the molecule is O=S(O)NNc1cc(Cl)ccc1-c1ccccc1. The highest BCUT2D eigenvalue weighted by Crippen LogP contribution is 2.29. The van der Waals surface area contributed by atoms with Crippen molar-refractivity contribution in [1.82, 2.24) is 4.83 Å². The molecule has 94 valence electrons. The molecule has 18 heavy (non-hydrogen) atoms. The zero-order valence-electron chi connectivity index (χ0n) is 9.26. The number of hydrogen-bond donors (Lipinski definition) is 3. The summed E-state index contributed by atoms with van der Waals surface area (Å²) >= 11 is 3.77. The molecule has 1 unspecified atom stereocenters. The van der Waals surface area contributed by atoms with Gasteiger partial charge in [0.25, 0.3) is 0 Å². The van der Waals surface area contributed by atoms with Crippen LogP contribution in [0.2, 0.25) is 5.02 Å². The molecule has 2 rings (SSSR count). The fourth-order valence-electron chi connectivity index (χ4n) is 1.59. The van der Waals surface area contributed by atoms with Gasteiger partial charge < -0.3 is 5.43 Å². The molecule has 0 radical (unpaired) electrons. The molecule has 0 saturated carbocycles. The molecule has 0 amide bonds. The van der Waals surface area contributed by atoms with Crippen LogP contribution < -0.4 is 10.3 Å². The minimum absolute atomic E-state index is 0.544. The molecule has 0 heterocycles. The largest absolute Gasteiger partial charge is 0.308 e. The Morgan fingerprint density at radius 1 is 1.11 bits per heavy atom. The lowest BCUT2D eigenvalue weighted by Gasteiger charge is -2.11. The van der Waals surface area contributed by atoms with Crippen molar-refractivity contribution in [2.24, 2.45) is 0 Å². The maximum Gasteiger partial charge on any atom is 0.250 e. The molecule has 0 aliphatic carbocycles. The quantitative estimate of drug-likeness (QED) is 0.597. The highest BCUT2D eigenvalue weighted by Gasteiger charge is 2.06. The first-order chi connectivity index (χ1) is 8.66. The molecule has 0 spiro atoms. The number of anilines is 1. The number of nitrogens with one attached hydrogen (secondary N) is 2. The molecule has 0 aliphatic rings. The average molecular weight is 283 g/mol. The average Bonchev–Trinajstić information content (AvgIpc) is 2.37. The summed E-state index contributed by atoms with van der Waals surface area (Å²) in [5.74, 6) is 0. The van der Waals surface area contributed by atoms with Crippen molar-refractivity contribution < 1.29 is 8.76 Å². The topological polar surface area (TPSA) is 61.4 Å². The minimum Gasteiger partial charge on any atom is -0.308 e. The lowest BCUT2D eigenvalue weighted by molar-refractivity contribution is 0.555. The van der Waals surface area contributed by atoms with Gasteiger partial charge in [-0.05, 0) is 17.7 Å². The molecule has 4 nitrogen and oxygen atoms in total. The van der Waals surface area contributed by atoms with Gasteiger partial charge in [0.15, 0.2) is 0 Å². The monoisotopic (exact) mass is 282 g/mol. The van der Waals surface area contributed by atoms with Gasteiger partial charge in [-0.25, -0.2) is 4.21 Å². The van der Waals surface area contributed by atoms with Crippen molar-refractivity contribution >= 4 is 28.6 Å². The maximum absolute atomic E-state index is 10.6. The highest BCUT2D eigenvalue weighted by molar-refractivity contribution is 7.77. The lowest BCUT2D eigenvalue weighted by atomic mass is 10.0. The molecule has 0 fully saturated rings. The summed E-state index contributed by atoms with van der Waals surface area (Å²) in [5.41, 5.74) is 5.18. The van der Waals surface area contributed by atoms with Crippen molar-refractivity contribution in [2.75, 3.05) is 5.43 Å². The van der Waals surface area contributed by atoms with Crippen molar-refractivity contribution in [1.29, 1.82) is 0 Å². The van der Waals surface area contributed by atoms with Gasteiger partial charge in [-0.1, -0.05) is 48.0 Å². The Bertz CT molecular complexity index is 563. The van der Waals surface area contributed by atoms with Crippen LogP contribution in [0.3, 0.4) is 0 Å². The summed E-state index contributed by atoms with van der Waals surface area (Å²) in [4.78, 5) is 2.22. The highest BCUT2D eigenvalue weighted by atomic mass is 35.5. The van der Waals surface area contributed by atoms with Crippen molar-refractivity contribution in [3.8, 4) is 11.1 Å². The molecule has 2 aromatic carbocycles. The van der Waals surface area contributed by atoms with Crippen LogP contribution in [0.25, 0.3) is 11.1 Å². The third-order valence-corrected chi connectivity index (χ3v) is 2.85. The number of hydrogen-bond acceptors (Lipinski definition) is 2. The number of halogens is 1. The lowest BCUT2D eigenvalue weighted by Crippen LogP contribution is -2.23. The Morgan fingerprint density at radius 2 is 1.83 bits per heavy atom. The van der Waals surface area contributed by atoms with E-state index in [-0.39, 0.29) is 0 Å². The van der Waals surface area contributed by atoms with E-state index in [0.717, 1.165) is 11.1 Å². The molecule has 3 N–H and O–H groups in total. The third kappa shape index (κ3) is 3.30. The van der Waals surface area contributed by atoms with E-state index < -0.39 is 11.3 Å².